The predicted octanol–water partition coefficient (Wildman–Crippen LogP) is 5.92. The largest absolute Gasteiger partial charge is 0.274 e. The third-order valence-corrected chi connectivity index (χ3v) is 8.27. The van der Waals surface area contributed by atoms with Gasteiger partial charge < -0.3 is 0 Å². The summed E-state index contributed by atoms with van der Waals surface area (Å²) in [5.74, 6) is -1.09. The molecule has 2 atom stereocenters. The highest BCUT2D eigenvalue weighted by Gasteiger charge is 2.66. The monoisotopic (exact) mass is 441 g/mol. The molecule has 1 saturated heterocycles. The molecule has 0 unspecified atom stereocenters. The second-order valence-corrected chi connectivity index (χ2v) is 9.75. The second-order valence-electron chi connectivity index (χ2n) is 9.75. The van der Waals surface area contributed by atoms with Gasteiger partial charge in [0.1, 0.15) is 0 Å². The zero-order chi connectivity index (χ0) is 23.0. The van der Waals surface area contributed by atoms with Crippen LogP contribution in [0, 0.1) is 11.8 Å². The van der Waals surface area contributed by atoms with Crippen molar-refractivity contribution in [1.82, 2.24) is 0 Å². The van der Waals surface area contributed by atoms with Crippen LogP contribution in [-0.4, -0.2) is 11.8 Å². The van der Waals surface area contributed by atoms with Crippen LogP contribution in [0.5, 0.6) is 0 Å². The standard InChI is InChI=1S/C31H23NO2/c1-31-23-16-8-5-14-21(23)26(22-15-6-9-17-24(22)31)27-28(31)30(34)32(29(27)33)25-18-10-7-13-20(25)19-11-3-2-4-12-19/h2-18,26-28H,1H3/t26?,27-,28-,31?/m0/s1. The van der Waals surface area contributed by atoms with E-state index in [2.05, 4.69) is 31.2 Å². The van der Waals surface area contributed by atoms with Crippen molar-refractivity contribution in [3.63, 3.8) is 0 Å². The molecule has 3 nitrogen and oxygen atoms in total. The van der Waals surface area contributed by atoms with Crippen molar-refractivity contribution in [2.45, 2.75) is 18.3 Å². The van der Waals surface area contributed by atoms with Crippen LogP contribution >= 0.6 is 0 Å². The van der Waals surface area contributed by atoms with Gasteiger partial charge >= 0.3 is 0 Å². The first-order valence-electron chi connectivity index (χ1n) is 11.8. The Morgan fingerprint density at radius 1 is 0.647 bits per heavy atom. The van der Waals surface area contributed by atoms with E-state index in [1.54, 1.807) is 0 Å². The maximum absolute atomic E-state index is 14.3. The molecule has 4 aliphatic rings. The van der Waals surface area contributed by atoms with E-state index in [-0.39, 0.29) is 17.7 Å². The van der Waals surface area contributed by atoms with Crippen LogP contribution < -0.4 is 4.90 Å². The molecule has 0 aromatic heterocycles. The van der Waals surface area contributed by atoms with Gasteiger partial charge in [-0.05, 0) is 33.9 Å². The molecule has 4 aromatic rings. The average Bonchev–Trinajstić information content (AvgIpc) is 3.16. The highest BCUT2D eigenvalue weighted by atomic mass is 16.2. The van der Waals surface area contributed by atoms with Crippen LogP contribution in [0.25, 0.3) is 11.1 Å². The SMILES string of the molecule is CC12c3ccccc3C(c3ccccc31)[C@@H]1C(=O)N(c3ccccc3-c3ccccc3)C(=O)[C@H]12. The third-order valence-electron chi connectivity index (χ3n) is 8.27. The van der Waals surface area contributed by atoms with Crippen molar-refractivity contribution < 1.29 is 9.59 Å². The number of anilines is 1. The van der Waals surface area contributed by atoms with E-state index in [1.165, 1.54) is 27.2 Å². The zero-order valence-electron chi connectivity index (χ0n) is 18.8. The van der Waals surface area contributed by atoms with Gasteiger partial charge in [-0.3, -0.25) is 9.59 Å². The molecule has 0 N–H and O–H groups in total. The number of imide groups is 1. The quantitative estimate of drug-likeness (QED) is 0.362. The zero-order valence-corrected chi connectivity index (χ0v) is 18.8. The van der Waals surface area contributed by atoms with Crippen LogP contribution in [-0.2, 0) is 15.0 Å². The molecule has 2 bridgehead atoms. The molecule has 1 aliphatic heterocycles. The molecule has 8 rings (SSSR count). The molecular formula is C31H23NO2. The summed E-state index contributed by atoms with van der Waals surface area (Å²) in [4.78, 5) is 29.9. The Morgan fingerprint density at radius 2 is 1.21 bits per heavy atom. The molecule has 0 saturated carbocycles. The van der Waals surface area contributed by atoms with Crippen LogP contribution in [0.3, 0.4) is 0 Å². The minimum absolute atomic E-state index is 0.0846. The molecule has 2 amide bonds. The van der Waals surface area contributed by atoms with Crippen molar-refractivity contribution >= 4 is 17.5 Å². The van der Waals surface area contributed by atoms with Crippen LogP contribution in [0.4, 0.5) is 5.69 Å². The Balaban J connectivity index is 1.46. The lowest BCUT2D eigenvalue weighted by Gasteiger charge is -2.52. The number of amides is 2. The number of nitrogens with zero attached hydrogens (tertiary/aromatic N) is 1. The molecule has 0 spiro atoms. The normalized spacial score (nSPS) is 26.3. The fourth-order valence-corrected chi connectivity index (χ4v) is 6.92. The number of benzene rings is 4. The first-order chi connectivity index (χ1) is 16.6. The topological polar surface area (TPSA) is 37.4 Å². The van der Waals surface area contributed by atoms with Gasteiger partial charge in [-0.1, -0.05) is 104 Å². The van der Waals surface area contributed by atoms with Gasteiger partial charge in [-0.15, -0.1) is 0 Å². The van der Waals surface area contributed by atoms with Gasteiger partial charge in [-0.25, -0.2) is 4.90 Å². The van der Waals surface area contributed by atoms with Gasteiger partial charge in [0.15, 0.2) is 0 Å². The maximum Gasteiger partial charge on any atom is 0.238 e. The lowest BCUT2D eigenvalue weighted by molar-refractivity contribution is -0.123. The Kier molecular flexibility index (Phi) is 3.88. The number of carbonyl (C=O) groups is 2. The van der Waals surface area contributed by atoms with Crippen LogP contribution in [0.1, 0.15) is 35.1 Å². The number of para-hydroxylation sites is 1. The molecular weight excluding hydrogens is 418 g/mol. The minimum Gasteiger partial charge on any atom is -0.274 e. The van der Waals surface area contributed by atoms with Crippen LogP contribution in [0.15, 0.2) is 103 Å². The van der Waals surface area contributed by atoms with Gasteiger partial charge in [0.05, 0.1) is 17.5 Å². The summed E-state index contributed by atoms with van der Waals surface area (Å²) in [5, 5.41) is 0. The van der Waals surface area contributed by atoms with Crippen molar-refractivity contribution in [2.24, 2.45) is 11.8 Å². The van der Waals surface area contributed by atoms with E-state index < -0.39 is 17.3 Å². The van der Waals surface area contributed by atoms with Crippen molar-refractivity contribution in [1.29, 1.82) is 0 Å². The minimum atomic E-state index is -0.546. The average molecular weight is 442 g/mol. The van der Waals surface area contributed by atoms with E-state index >= 15 is 0 Å². The second kappa shape index (κ2) is 6.77. The smallest absolute Gasteiger partial charge is 0.238 e. The molecule has 3 aliphatic carbocycles. The Labute approximate surface area is 198 Å². The fourth-order valence-electron chi connectivity index (χ4n) is 6.92. The summed E-state index contributed by atoms with van der Waals surface area (Å²) < 4.78 is 0. The lowest BCUT2D eigenvalue weighted by Crippen LogP contribution is -2.51. The molecule has 4 aromatic carbocycles. The number of rotatable bonds is 2. The lowest BCUT2D eigenvalue weighted by atomic mass is 9.48. The van der Waals surface area contributed by atoms with Gasteiger partial charge in [0.25, 0.3) is 0 Å². The summed E-state index contributed by atoms with van der Waals surface area (Å²) in [5.41, 5.74) is 6.75. The van der Waals surface area contributed by atoms with Crippen LogP contribution in [0.2, 0.25) is 0 Å². The molecule has 1 heterocycles. The maximum atomic E-state index is 14.3. The van der Waals surface area contributed by atoms with E-state index in [0.29, 0.717) is 5.69 Å². The first kappa shape index (κ1) is 19.5. The fraction of sp³-hybridized carbons (Fsp3) is 0.161. The Hall–Kier alpha value is -3.98. The third kappa shape index (κ3) is 2.27. The van der Waals surface area contributed by atoms with Crippen molar-refractivity contribution in [3.8, 4) is 11.1 Å². The van der Waals surface area contributed by atoms with Gasteiger partial charge in [-0.2, -0.15) is 0 Å². The predicted molar refractivity (Wildman–Crippen MR) is 133 cm³/mol. The summed E-state index contributed by atoms with van der Waals surface area (Å²) in [6.07, 6.45) is 0. The summed E-state index contributed by atoms with van der Waals surface area (Å²) in [6, 6.07) is 34.5. The van der Waals surface area contributed by atoms with E-state index in [0.717, 1.165) is 11.1 Å². The summed E-state index contributed by atoms with van der Waals surface area (Å²) >= 11 is 0. The van der Waals surface area contributed by atoms with Gasteiger partial charge in [0, 0.05) is 16.9 Å². The number of hydrogen-bond donors (Lipinski definition) is 0. The molecule has 164 valence electrons. The summed E-state index contributed by atoms with van der Waals surface area (Å²) in [7, 11) is 0. The Bertz CT molecular complexity index is 1440. The molecule has 34 heavy (non-hydrogen) atoms. The van der Waals surface area contributed by atoms with E-state index in [4.69, 9.17) is 0 Å². The van der Waals surface area contributed by atoms with Crippen molar-refractivity contribution in [2.75, 3.05) is 4.90 Å². The first-order valence-corrected chi connectivity index (χ1v) is 11.8. The van der Waals surface area contributed by atoms with Gasteiger partial charge in [0.2, 0.25) is 11.8 Å². The number of carbonyl (C=O) groups excluding carboxylic acids is 2. The summed E-state index contributed by atoms with van der Waals surface area (Å²) in [6.45, 7) is 2.16. The molecule has 0 radical (unpaired) electrons. The van der Waals surface area contributed by atoms with Crippen molar-refractivity contribution in [3.05, 3.63) is 125 Å². The van der Waals surface area contributed by atoms with E-state index in [1.807, 2.05) is 78.9 Å². The molecule has 1 fully saturated rings. The number of hydrogen-bond acceptors (Lipinski definition) is 2. The highest BCUT2D eigenvalue weighted by Crippen LogP contribution is 2.64. The highest BCUT2D eigenvalue weighted by molar-refractivity contribution is 6.25. The Morgan fingerprint density at radius 3 is 1.88 bits per heavy atom. The molecule has 3 heteroatoms. The van der Waals surface area contributed by atoms with E-state index in [9.17, 15) is 9.59 Å².